The van der Waals surface area contributed by atoms with Gasteiger partial charge in [-0.05, 0) is 47.0 Å². The average molecular weight is 411 g/mol. The summed E-state index contributed by atoms with van der Waals surface area (Å²) in [5.41, 5.74) is 7.69. The van der Waals surface area contributed by atoms with Crippen LogP contribution in [0.4, 0.5) is 4.39 Å². The van der Waals surface area contributed by atoms with Crippen molar-refractivity contribution in [2.45, 2.75) is 34.1 Å². The maximum absolute atomic E-state index is 14.7. The molecule has 3 heterocycles. The minimum atomic E-state index is -0.258. The number of halogens is 1. The lowest BCUT2D eigenvalue weighted by Crippen LogP contribution is -2.30. The van der Waals surface area contributed by atoms with Gasteiger partial charge in [0.05, 0.1) is 29.0 Å². The highest BCUT2D eigenvalue weighted by atomic mass is 19.1. The van der Waals surface area contributed by atoms with Crippen LogP contribution >= 0.6 is 0 Å². The molecule has 0 amide bonds. The molecule has 3 aromatic heterocycles. The van der Waals surface area contributed by atoms with E-state index in [1.54, 1.807) is 18.5 Å². The van der Waals surface area contributed by atoms with Crippen LogP contribution < -0.4 is 4.57 Å². The summed E-state index contributed by atoms with van der Waals surface area (Å²) < 4.78 is 19.1. The molecule has 31 heavy (non-hydrogen) atoms. The van der Waals surface area contributed by atoms with Gasteiger partial charge < -0.3 is 4.40 Å². The zero-order valence-electron chi connectivity index (χ0n) is 18.5. The second-order valence-electron chi connectivity index (χ2n) is 10.1. The Labute approximate surface area is 180 Å². The normalized spacial score (nSPS) is 13.0. The quantitative estimate of drug-likeness (QED) is 0.178. The lowest BCUT2D eigenvalue weighted by Gasteiger charge is -2.19. The van der Waals surface area contributed by atoms with Crippen LogP contribution in [0.1, 0.15) is 31.9 Å². The van der Waals surface area contributed by atoms with E-state index in [9.17, 15) is 4.39 Å². The van der Waals surface area contributed by atoms with Crippen molar-refractivity contribution in [2.75, 3.05) is 0 Å². The summed E-state index contributed by atoms with van der Waals surface area (Å²) in [6, 6.07) is 14.2. The van der Waals surface area contributed by atoms with E-state index < -0.39 is 0 Å². The summed E-state index contributed by atoms with van der Waals surface area (Å²) in [5, 5.41) is 4.72. The third-order valence-electron chi connectivity index (χ3n) is 6.47. The average Bonchev–Trinajstić information content (AvgIpc) is 3.03. The van der Waals surface area contributed by atoms with E-state index >= 15 is 0 Å². The zero-order valence-corrected chi connectivity index (χ0v) is 18.5. The van der Waals surface area contributed by atoms with Crippen molar-refractivity contribution in [3.05, 3.63) is 65.7 Å². The smallest absolute Gasteiger partial charge is 0.287 e. The number of aryl methyl sites for hydroxylation is 2. The maximum Gasteiger partial charge on any atom is 0.287 e. The van der Waals surface area contributed by atoms with Gasteiger partial charge in [0.1, 0.15) is 11.3 Å². The van der Waals surface area contributed by atoms with Gasteiger partial charge >= 0.3 is 0 Å². The predicted molar refractivity (Wildman–Crippen MR) is 125 cm³/mol. The summed E-state index contributed by atoms with van der Waals surface area (Å²) >= 11 is 0. The zero-order chi connectivity index (χ0) is 21.7. The van der Waals surface area contributed by atoms with Crippen LogP contribution in [0.25, 0.3) is 49.1 Å². The van der Waals surface area contributed by atoms with Crippen molar-refractivity contribution in [2.24, 2.45) is 12.5 Å². The molecule has 0 saturated heterocycles. The molecule has 3 nitrogen and oxygen atoms in total. The Morgan fingerprint density at radius 2 is 1.81 bits per heavy atom. The first-order chi connectivity index (χ1) is 14.7. The third-order valence-corrected chi connectivity index (χ3v) is 6.47. The Kier molecular flexibility index (Phi) is 3.52. The first-order valence-electron chi connectivity index (χ1n) is 10.8. The lowest BCUT2D eigenvalue weighted by molar-refractivity contribution is -0.646. The molecule has 0 aliphatic carbocycles. The van der Waals surface area contributed by atoms with Gasteiger partial charge in [0.2, 0.25) is 0 Å². The standard InChI is InChI=1S/C27H25FN3/c1-15-9-10-18-23-16(13-27(2,3)4)7-6-8-20(23)31-21-12-17(28)11-19-24(21)26(22(15)25(18)31)30(5)14-29-19/h6-12,14H,13H2,1-5H3/q+1. The molecule has 6 aromatic rings. The Hall–Kier alpha value is -3.27. The first kappa shape index (κ1) is 18.5. The number of pyridine rings is 1. The van der Waals surface area contributed by atoms with E-state index in [0.717, 1.165) is 33.9 Å². The number of hydrogen-bond acceptors (Lipinski definition) is 1. The molecule has 0 N–H and O–H groups in total. The molecule has 154 valence electrons. The van der Waals surface area contributed by atoms with E-state index in [1.165, 1.54) is 27.3 Å². The van der Waals surface area contributed by atoms with Crippen molar-refractivity contribution in [3.8, 4) is 0 Å². The Morgan fingerprint density at radius 1 is 1.00 bits per heavy atom. The lowest BCUT2D eigenvalue weighted by atomic mass is 9.86. The van der Waals surface area contributed by atoms with E-state index in [0.29, 0.717) is 5.52 Å². The largest absolute Gasteiger partial charge is 0.307 e. The highest BCUT2D eigenvalue weighted by molar-refractivity contribution is 6.25. The number of aromatic nitrogens is 3. The number of rotatable bonds is 1. The van der Waals surface area contributed by atoms with Crippen LogP contribution in [-0.4, -0.2) is 9.38 Å². The van der Waals surface area contributed by atoms with Gasteiger partial charge in [0.15, 0.2) is 5.52 Å². The van der Waals surface area contributed by atoms with Gasteiger partial charge in [-0.15, -0.1) is 0 Å². The van der Waals surface area contributed by atoms with Crippen molar-refractivity contribution in [3.63, 3.8) is 0 Å². The number of fused-ring (bicyclic) bond motifs is 5. The highest BCUT2D eigenvalue weighted by Crippen LogP contribution is 2.42. The van der Waals surface area contributed by atoms with E-state index in [1.807, 2.05) is 7.05 Å². The number of hydrogen-bond donors (Lipinski definition) is 0. The fraction of sp³-hybridized carbons (Fsp3) is 0.259. The van der Waals surface area contributed by atoms with E-state index in [2.05, 4.69) is 72.0 Å². The van der Waals surface area contributed by atoms with E-state index in [-0.39, 0.29) is 11.2 Å². The Bertz CT molecular complexity index is 1670. The predicted octanol–water partition coefficient (Wildman–Crippen LogP) is 6.25. The van der Waals surface area contributed by atoms with Crippen LogP contribution in [0, 0.1) is 18.2 Å². The van der Waals surface area contributed by atoms with Gasteiger partial charge in [-0.1, -0.05) is 45.0 Å². The first-order valence-corrected chi connectivity index (χ1v) is 10.8. The number of nitrogens with zero attached hydrogens (tertiary/aromatic N) is 3. The summed E-state index contributed by atoms with van der Waals surface area (Å²) in [5.74, 6) is -0.258. The van der Waals surface area contributed by atoms with Crippen LogP contribution in [0.2, 0.25) is 0 Å². The second kappa shape index (κ2) is 5.91. The van der Waals surface area contributed by atoms with Crippen molar-refractivity contribution in [1.29, 1.82) is 0 Å². The summed E-state index contributed by atoms with van der Waals surface area (Å²) in [7, 11) is 2.02. The molecule has 3 aromatic carbocycles. The SMILES string of the molecule is Cc1ccc2c3c(CC(C)(C)C)cccc3n3c4cc(F)cc5nc[n+](C)c(c1c23)c54. The summed E-state index contributed by atoms with van der Waals surface area (Å²) in [6.45, 7) is 8.98. The maximum atomic E-state index is 14.7. The minimum Gasteiger partial charge on any atom is -0.307 e. The van der Waals surface area contributed by atoms with Crippen molar-refractivity contribution in [1.82, 2.24) is 9.38 Å². The monoisotopic (exact) mass is 410 g/mol. The van der Waals surface area contributed by atoms with Crippen LogP contribution in [0.15, 0.2) is 48.8 Å². The molecule has 4 heteroatoms. The molecule has 0 atom stereocenters. The topological polar surface area (TPSA) is 21.2 Å². The molecule has 0 aliphatic heterocycles. The molecule has 0 saturated carbocycles. The third kappa shape index (κ3) is 2.45. The number of benzene rings is 3. The molecule has 0 unspecified atom stereocenters. The molecule has 0 aliphatic rings. The molecular weight excluding hydrogens is 385 g/mol. The van der Waals surface area contributed by atoms with Gasteiger partial charge in [0, 0.05) is 22.2 Å². The van der Waals surface area contributed by atoms with Gasteiger partial charge in [0.25, 0.3) is 6.33 Å². The molecule has 0 radical (unpaired) electrons. The summed E-state index contributed by atoms with van der Waals surface area (Å²) in [4.78, 5) is 4.55. The van der Waals surface area contributed by atoms with Crippen molar-refractivity contribution < 1.29 is 8.96 Å². The molecule has 6 rings (SSSR count). The fourth-order valence-corrected chi connectivity index (χ4v) is 5.38. The molecule has 0 spiro atoms. The van der Waals surface area contributed by atoms with Gasteiger partial charge in [-0.3, -0.25) is 0 Å². The van der Waals surface area contributed by atoms with Gasteiger partial charge in [-0.2, -0.15) is 0 Å². The van der Waals surface area contributed by atoms with Crippen LogP contribution in [0.3, 0.4) is 0 Å². The molecular formula is C27H25FN3+. The summed E-state index contributed by atoms with van der Waals surface area (Å²) in [6.07, 6.45) is 2.77. The van der Waals surface area contributed by atoms with Crippen LogP contribution in [-0.2, 0) is 13.5 Å². The molecule has 0 fully saturated rings. The van der Waals surface area contributed by atoms with Crippen molar-refractivity contribution >= 4 is 49.1 Å². The van der Waals surface area contributed by atoms with E-state index in [4.69, 9.17) is 0 Å². The fourth-order valence-electron chi connectivity index (χ4n) is 5.38. The van der Waals surface area contributed by atoms with Crippen LogP contribution in [0.5, 0.6) is 0 Å². The molecule has 0 bridgehead atoms. The Morgan fingerprint density at radius 3 is 2.58 bits per heavy atom. The minimum absolute atomic E-state index is 0.169. The highest BCUT2D eigenvalue weighted by Gasteiger charge is 2.25. The second-order valence-corrected chi connectivity index (χ2v) is 10.1. The van der Waals surface area contributed by atoms with Gasteiger partial charge in [-0.25, -0.2) is 8.96 Å². The Balaban J connectivity index is 2.00.